The number of nitrogen functional groups attached to an aromatic ring is 1. The summed E-state index contributed by atoms with van der Waals surface area (Å²) < 4.78 is 16.6. The van der Waals surface area contributed by atoms with E-state index in [0.29, 0.717) is 54.8 Å². The smallest absolute Gasteiger partial charge is 0.310 e. The maximum absolute atomic E-state index is 11.9. The number of benzene rings is 2. The van der Waals surface area contributed by atoms with Gasteiger partial charge in [-0.1, -0.05) is 6.07 Å². The lowest BCUT2D eigenvalue weighted by molar-refractivity contribution is -0.142. The lowest BCUT2D eigenvalue weighted by atomic mass is 10.1. The second-order valence-corrected chi connectivity index (χ2v) is 7.60. The molecule has 1 fully saturated rings. The van der Waals surface area contributed by atoms with Crippen LogP contribution in [0.15, 0.2) is 36.4 Å². The molecule has 3 N–H and O–H groups in total. The normalized spacial score (nSPS) is 13.0. The second-order valence-electron chi connectivity index (χ2n) is 7.60. The van der Waals surface area contributed by atoms with E-state index in [1.807, 2.05) is 12.1 Å². The van der Waals surface area contributed by atoms with Gasteiger partial charge in [-0.2, -0.15) is 0 Å². The highest BCUT2D eigenvalue weighted by Gasteiger charge is 2.28. The van der Waals surface area contributed by atoms with Crippen LogP contribution >= 0.6 is 0 Å². The van der Waals surface area contributed by atoms with Crippen molar-refractivity contribution in [3.8, 4) is 17.2 Å². The van der Waals surface area contributed by atoms with Crippen LogP contribution in [0.25, 0.3) is 0 Å². The summed E-state index contributed by atoms with van der Waals surface area (Å²) in [6.45, 7) is 3.25. The second kappa shape index (κ2) is 10.8. The SMILES string of the molecule is CCOC(=O)Cc1ccc(OC)c(Oc2ccc(N)cc2CNCCC(=O)C2CC2)c1. The molecule has 166 valence electrons. The van der Waals surface area contributed by atoms with Gasteiger partial charge >= 0.3 is 5.97 Å². The van der Waals surface area contributed by atoms with E-state index in [0.717, 1.165) is 24.0 Å². The first kappa shape index (κ1) is 22.6. The van der Waals surface area contributed by atoms with Gasteiger partial charge < -0.3 is 25.3 Å². The Morgan fingerprint density at radius 1 is 1.10 bits per heavy atom. The highest BCUT2D eigenvalue weighted by atomic mass is 16.5. The highest BCUT2D eigenvalue weighted by Crippen LogP contribution is 2.35. The molecule has 31 heavy (non-hydrogen) atoms. The van der Waals surface area contributed by atoms with E-state index in [9.17, 15) is 9.59 Å². The third kappa shape index (κ3) is 6.72. The van der Waals surface area contributed by atoms with E-state index in [1.54, 1.807) is 38.3 Å². The molecule has 0 aliphatic heterocycles. The zero-order valence-electron chi connectivity index (χ0n) is 18.1. The molecule has 1 saturated carbocycles. The summed E-state index contributed by atoms with van der Waals surface area (Å²) in [5.74, 6) is 2.00. The zero-order chi connectivity index (χ0) is 22.2. The number of Topliss-reactive ketones (excluding diaryl/α,β-unsaturated/α-hetero) is 1. The average molecular weight is 427 g/mol. The van der Waals surface area contributed by atoms with Gasteiger partial charge in [-0.25, -0.2) is 0 Å². The molecule has 0 heterocycles. The number of carbonyl (C=O) groups excluding carboxylic acids is 2. The van der Waals surface area contributed by atoms with Crippen molar-refractivity contribution in [1.82, 2.24) is 5.32 Å². The number of ether oxygens (including phenoxy) is 3. The van der Waals surface area contributed by atoms with Crippen molar-refractivity contribution in [2.24, 2.45) is 5.92 Å². The molecule has 0 radical (unpaired) electrons. The molecule has 0 unspecified atom stereocenters. The molecule has 0 saturated heterocycles. The van der Waals surface area contributed by atoms with Crippen LogP contribution in [0.5, 0.6) is 17.2 Å². The Bertz CT molecular complexity index is 924. The Morgan fingerprint density at radius 2 is 1.87 bits per heavy atom. The van der Waals surface area contributed by atoms with E-state index < -0.39 is 0 Å². The summed E-state index contributed by atoms with van der Waals surface area (Å²) in [5, 5.41) is 3.30. The van der Waals surface area contributed by atoms with E-state index in [-0.39, 0.29) is 18.3 Å². The monoisotopic (exact) mass is 426 g/mol. The molecule has 0 spiro atoms. The summed E-state index contributed by atoms with van der Waals surface area (Å²) >= 11 is 0. The molecule has 1 aliphatic carbocycles. The van der Waals surface area contributed by atoms with Crippen LogP contribution in [0, 0.1) is 5.92 Å². The number of nitrogens with one attached hydrogen (secondary N) is 1. The molecule has 0 atom stereocenters. The fraction of sp³-hybridized carbons (Fsp3) is 0.417. The van der Waals surface area contributed by atoms with Crippen molar-refractivity contribution < 1.29 is 23.8 Å². The summed E-state index contributed by atoms with van der Waals surface area (Å²) in [7, 11) is 1.57. The number of nitrogens with two attached hydrogens (primary N) is 1. The Balaban J connectivity index is 1.70. The number of hydrogen-bond donors (Lipinski definition) is 2. The Hall–Kier alpha value is -3.06. The minimum atomic E-state index is -0.295. The highest BCUT2D eigenvalue weighted by molar-refractivity contribution is 5.83. The van der Waals surface area contributed by atoms with Crippen molar-refractivity contribution in [3.05, 3.63) is 47.5 Å². The topological polar surface area (TPSA) is 99.9 Å². The summed E-state index contributed by atoms with van der Waals surface area (Å²) in [5.41, 5.74) is 8.24. The molecule has 2 aromatic carbocycles. The summed E-state index contributed by atoms with van der Waals surface area (Å²) in [6.07, 6.45) is 2.75. The van der Waals surface area contributed by atoms with Crippen LogP contribution in [0.2, 0.25) is 0 Å². The number of carbonyl (C=O) groups is 2. The van der Waals surface area contributed by atoms with Crippen molar-refractivity contribution in [1.29, 1.82) is 0 Å². The van der Waals surface area contributed by atoms with Gasteiger partial charge in [0.05, 0.1) is 20.1 Å². The third-order valence-corrected chi connectivity index (χ3v) is 5.08. The molecule has 0 amide bonds. The quantitative estimate of drug-likeness (QED) is 0.304. The first-order chi connectivity index (χ1) is 15.0. The largest absolute Gasteiger partial charge is 0.493 e. The lowest BCUT2D eigenvalue weighted by Crippen LogP contribution is -2.19. The predicted molar refractivity (Wildman–Crippen MR) is 118 cm³/mol. The Labute approximate surface area is 182 Å². The maximum Gasteiger partial charge on any atom is 0.310 e. The van der Waals surface area contributed by atoms with Gasteiger partial charge in [0.25, 0.3) is 0 Å². The van der Waals surface area contributed by atoms with Crippen molar-refractivity contribution in [3.63, 3.8) is 0 Å². The van der Waals surface area contributed by atoms with Gasteiger partial charge in [-0.3, -0.25) is 9.59 Å². The molecule has 3 rings (SSSR count). The number of methoxy groups -OCH3 is 1. The van der Waals surface area contributed by atoms with Crippen LogP contribution in [0.4, 0.5) is 5.69 Å². The minimum absolute atomic E-state index is 0.152. The number of hydrogen-bond acceptors (Lipinski definition) is 7. The van der Waals surface area contributed by atoms with Gasteiger partial charge in [0.15, 0.2) is 11.5 Å². The molecule has 0 bridgehead atoms. The Kier molecular flexibility index (Phi) is 7.89. The summed E-state index contributed by atoms with van der Waals surface area (Å²) in [6, 6.07) is 10.8. The molecular weight excluding hydrogens is 396 g/mol. The maximum atomic E-state index is 11.9. The van der Waals surface area contributed by atoms with E-state index in [1.165, 1.54) is 0 Å². The Morgan fingerprint density at radius 3 is 2.58 bits per heavy atom. The molecule has 7 nitrogen and oxygen atoms in total. The van der Waals surface area contributed by atoms with Crippen LogP contribution in [-0.4, -0.2) is 32.0 Å². The van der Waals surface area contributed by atoms with Crippen LogP contribution in [-0.2, 0) is 27.3 Å². The van der Waals surface area contributed by atoms with Crippen LogP contribution < -0.4 is 20.5 Å². The molecule has 1 aliphatic rings. The minimum Gasteiger partial charge on any atom is -0.493 e. The molecule has 0 aromatic heterocycles. The van der Waals surface area contributed by atoms with Crippen molar-refractivity contribution in [2.45, 2.75) is 39.2 Å². The van der Waals surface area contributed by atoms with Crippen molar-refractivity contribution in [2.75, 3.05) is 26.0 Å². The predicted octanol–water partition coefficient (Wildman–Crippen LogP) is 3.63. The molecule has 2 aromatic rings. The lowest BCUT2D eigenvalue weighted by Gasteiger charge is -2.16. The standard InChI is InChI=1S/C24H30N2O5/c1-3-30-24(28)13-16-4-8-22(29-2)23(12-16)31-21-9-7-19(25)14-18(21)15-26-11-10-20(27)17-5-6-17/h4,7-9,12,14,17,26H,3,5-6,10-11,13,15,25H2,1-2H3. The van der Waals surface area contributed by atoms with Gasteiger partial charge in [0.1, 0.15) is 11.5 Å². The first-order valence-corrected chi connectivity index (χ1v) is 10.6. The number of ketones is 1. The fourth-order valence-corrected chi connectivity index (χ4v) is 3.29. The van der Waals surface area contributed by atoms with Gasteiger partial charge in [0, 0.05) is 36.7 Å². The molecule has 7 heteroatoms. The van der Waals surface area contributed by atoms with Gasteiger partial charge in [-0.05, 0) is 55.7 Å². The van der Waals surface area contributed by atoms with Crippen LogP contribution in [0.3, 0.4) is 0 Å². The van der Waals surface area contributed by atoms with E-state index in [2.05, 4.69) is 5.32 Å². The number of anilines is 1. The van der Waals surface area contributed by atoms with Gasteiger partial charge in [0.2, 0.25) is 0 Å². The van der Waals surface area contributed by atoms with Gasteiger partial charge in [-0.15, -0.1) is 0 Å². The van der Waals surface area contributed by atoms with Crippen LogP contribution in [0.1, 0.15) is 37.3 Å². The summed E-state index contributed by atoms with van der Waals surface area (Å²) in [4.78, 5) is 23.7. The molecular formula is C24H30N2O5. The third-order valence-electron chi connectivity index (χ3n) is 5.08. The zero-order valence-corrected chi connectivity index (χ0v) is 18.1. The van der Waals surface area contributed by atoms with E-state index >= 15 is 0 Å². The number of rotatable bonds is 12. The number of esters is 1. The first-order valence-electron chi connectivity index (χ1n) is 10.6. The average Bonchev–Trinajstić information content (AvgIpc) is 3.59. The van der Waals surface area contributed by atoms with Crippen molar-refractivity contribution >= 4 is 17.4 Å². The van der Waals surface area contributed by atoms with E-state index in [4.69, 9.17) is 19.9 Å². The fourth-order valence-electron chi connectivity index (χ4n) is 3.29.